The van der Waals surface area contributed by atoms with Crippen molar-refractivity contribution in [3.63, 3.8) is 0 Å². The van der Waals surface area contributed by atoms with Crippen molar-refractivity contribution in [3.8, 4) is 0 Å². The lowest BCUT2D eigenvalue weighted by Gasteiger charge is -2.57. The van der Waals surface area contributed by atoms with Gasteiger partial charge in [-0.3, -0.25) is 4.79 Å². The third-order valence-corrected chi connectivity index (χ3v) is 7.56. The lowest BCUT2D eigenvalue weighted by Crippen LogP contribution is -2.52. The zero-order valence-corrected chi connectivity index (χ0v) is 13.1. The minimum Gasteiger partial charge on any atom is -0.395 e. The fraction of sp³-hybridized carbons (Fsp3) is 0.842. The van der Waals surface area contributed by atoms with Crippen LogP contribution >= 0.6 is 0 Å². The molecule has 0 spiro atoms. The van der Waals surface area contributed by atoms with Crippen LogP contribution in [0.5, 0.6) is 0 Å². The largest absolute Gasteiger partial charge is 0.395 e. The van der Waals surface area contributed by atoms with Crippen molar-refractivity contribution in [1.82, 2.24) is 0 Å². The van der Waals surface area contributed by atoms with Gasteiger partial charge in [-0.05, 0) is 62.7 Å². The molecule has 0 aromatic rings. The van der Waals surface area contributed by atoms with E-state index in [-0.39, 0.29) is 10.8 Å². The molecule has 2 heteroatoms. The van der Waals surface area contributed by atoms with E-state index in [1.54, 1.807) is 0 Å². The second-order valence-corrected chi connectivity index (χ2v) is 8.14. The molecule has 4 aliphatic rings. The molecule has 0 aromatic heterocycles. The number of hydrogen-bond donors (Lipinski definition) is 1. The molecule has 3 fully saturated rings. The predicted molar refractivity (Wildman–Crippen MR) is 82.7 cm³/mol. The number of carbonyl (C=O) groups is 1. The first-order valence-electron chi connectivity index (χ1n) is 9.41. The van der Waals surface area contributed by atoms with Crippen molar-refractivity contribution in [1.29, 1.82) is 0 Å². The minimum absolute atomic E-state index is 0.116. The van der Waals surface area contributed by atoms with Crippen molar-refractivity contribution in [3.05, 3.63) is 11.6 Å². The van der Waals surface area contributed by atoms with E-state index >= 15 is 0 Å². The van der Waals surface area contributed by atoms with Gasteiger partial charge in [-0.25, -0.2) is 0 Å². The highest BCUT2D eigenvalue weighted by Gasteiger charge is 2.59. The lowest BCUT2D eigenvalue weighted by atomic mass is 9.48. The first-order valence-corrected chi connectivity index (χ1v) is 8.83. The summed E-state index contributed by atoms with van der Waals surface area (Å²) in [7, 11) is 0. The molecule has 4 rings (SSSR count). The summed E-state index contributed by atoms with van der Waals surface area (Å²) in [6, 6.07) is 0. The SMILES string of the molecule is [3H][C@H](O)[C@]12CCCCC1=CC[C@@H]1[C@@H]2CC[C@]2(C)C(=O)CC[C@@H]12. The summed E-state index contributed by atoms with van der Waals surface area (Å²) in [4.78, 5) is 12.4. The van der Waals surface area contributed by atoms with Gasteiger partial charge in [0.05, 0.1) is 7.95 Å². The molecule has 0 aliphatic heterocycles. The Morgan fingerprint density at radius 1 is 1.29 bits per heavy atom. The molecule has 0 heterocycles. The fourth-order valence-electron chi connectivity index (χ4n) is 6.39. The first-order chi connectivity index (χ1) is 10.5. The van der Waals surface area contributed by atoms with Gasteiger partial charge in [0, 0.05) is 17.3 Å². The highest BCUT2D eigenvalue weighted by Crippen LogP contribution is 2.63. The van der Waals surface area contributed by atoms with Crippen molar-refractivity contribution in [2.75, 3.05) is 6.58 Å². The molecular formula is C19H28O2. The van der Waals surface area contributed by atoms with Gasteiger partial charge in [0.2, 0.25) is 0 Å². The summed E-state index contributed by atoms with van der Waals surface area (Å²) < 4.78 is 8.24. The van der Waals surface area contributed by atoms with Crippen LogP contribution in [0.25, 0.3) is 0 Å². The van der Waals surface area contributed by atoms with E-state index in [4.69, 9.17) is 1.37 Å². The van der Waals surface area contributed by atoms with Crippen LogP contribution in [0.15, 0.2) is 11.6 Å². The van der Waals surface area contributed by atoms with Crippen LogP contribution in [0, 0.1) is 28.6 Å². The van der Waals surface area contributed by atoms with Crippen molar-refractivity contribution in [2.24, 2.45) is 28.6 Å². The smallest absolute Gasteiger partial charge is 0.139 e. The molecule has 0 bridgehead atoms. The number of aliphatic hydroxyl groups excluding tert-OH is 1. The number of hydrogen-bond acceptors (Lipinski definition) is 2. The molecule has 0 saturated heterocycles. The summed E-state index contributed by atoms with van der Waals surface area (Å²) in [5.74, 6) is 1.88. The van der Waals surface area contributed by atoms with Crippen LogP contribution in [0.3, 0.4) is 0 Å². The van der Waals surface area contributed by atoms with Crippen LogP contribution in [-0.4, -0.2) is 17.5 Å². The number of aliphatic hydroxyl groups is 1. The van der Waals surface area contributed by atoms with E-state index in [9.17, 15) is 9.90 Å². The number of rotatable bonds is 1. The molecule has 4 aliphatic carbocycles. The highest BCUT2D eigenvalue weighted by atomic mass is 16.3. The van der Waals surface area contributed by atoms with Crippen molar-refractivity contribution >= 4 is 5.78 Å². The highest BCUT2D eigenvalue weighted by molar-refractivity contribution is 5.87. The third-order valence-electron chi connectivity index (χ3n) is 7.56. The second kappa shape index (κ2) is 4.68. The summed E-state index contributed by atoms with van der Waals surface area (Å²) in [5, 5.41) is 10.4. The van der Waals surface area contributed by atoms with E-state index < -0.39 is 6.58 Å². The summed E-state index contributed by atoms with van der Waals surface area (Å²) in [6.45, 7) is 1.20. The van der Waals surface area contributed by atoms with Gasteiger partial charge in [-0.15, -0.1) is 0 Å². The predicted octanol–water partition coefficient (Wildman–Crippen LogP) is 3.88. The van der Waals surface area contributed by atoms with Crippen molar-refractivity contribution in [2.45, 2.75) is 64.7 Å². The van der Waals surface area contributed by atoms with Gasteiger partial charge in [0.15, 0.2) is 0 Å². The Kier molecular flexibility index (Phi) is 2.87. The fourth-order valence-corrected chi connectivity index (χ4v) is 6.39. The molecule has 0 amide bonds. The Labute approximate surface area is 129 Å². The Balaban J connectivity index is 1.75. The number of ketones is 1. The molecule has 1 N–H and O–H groups in total. The van der Waals surface area contributed by atoms with Gasteiger partial charge in [-0.1, -0.05) is 25.0 Å². The third kappa shape index (κ3) is 1.72. The number of carbonyl (C=O) groups excluding carboxylic acids is 1. The van der Waals surface area contributed by atoms with Gasteiger partial charge < -0.3 is 5.11 Å². The Morgan fingerprint density at radius 2 is 2.14 bits per heavy atom. The Hall–Kier alpha value is -0.630. The first kappa shape index (κ1) is 12.9. The second-order valence-electron chi connectivity index (χ2n) is 8.14. The minimum atomic E-state index is -0.992. The monoisotopic (exact) mass is 290 g/mol. The maximum absolute atomic E-state index is 12.4. The van der Waals surface area contributed by atoms with Gasteiger partial charge in [0.1, 0.15) is 5.78 Å². The Bertz CT molecular complexity index is 526. The molecule has 2 nitrogen and oxygen atoms in total. The quantitative estimate of drug-likeness (QED) is 0.744. The topological polar surface area (TPSA) is 37.3 Å². The van der Waals surface area contributed by atoms with Gasteiger partial charge in [0.25, 0.3) is 0 Å². The molecule has 0 unspecified atom stereocenters. The molecular weight excluding hydrogens is 260 g/mol. The van der Waals surface area contributed by atoms with E-state index in [2.05, 4.69) is 13.0 Å². The van der Waals surface area contributed by atoms with Gasteiger partial charge in [-0.2, -0.15) is 0 Å². The molecule has 0 radical (unpaired) electrons. The zero-order chi connectivity index (χ0) is 15.5. The molecule has 3 saturated carbocycles. The van der Waals surface area contributed by atoms with E-state index in [1.165, 1.54) is 12.0 Å². The summed E-state index contributed by atoms with van der Waals surface area (Å²) in [5.41, 5.74) is 0.958. The van der Waals surface area contributed by atoms with E-state index in [1.807, 2.05) is 0 Å². The molecule has 116 valence electrons. The van der Waals surface area contributed by atoms with Crippen LogP contribution < -0.4 is 0 Å². The average Bonchev–Trinajstić information content (AvgIpc) is 2.82. The maximum Gasteiger partial charge on any atom is 0.139 e. The van der Waals surface area contributed by atoms with Crippen LogP contribution in [0.4, 0.5) is 0 Å². The van der Waals surface area contributed by atoms with E-state index in [0.29, 0.717) is 23.5 Å². The zero-order valence-electron chi connectivity index (χ0n) is 14.1. The van der Waals surface area contributed by atoms with Crippen LogP contribution in [-0.2, 0) is 4.79 Å². The molecule has 6 atom stereocenters. The van der Waals surface area contributed by atoms with E-state index in [0.717, 1.165) is 51.4 Å². The van der Waals surface area contributed by atoms with Gasteiger partial charge >= 0.3 is 0 Å². The maximum atomic E-state index is 12.4. The normalized spacial score (nSPS) is 51.3. The number of Topliss-reactive ketones (excluding diaryl/α,β-unsaturated/α-hetero) is 1. The van der Waals surface area contributed by atoms with Crippen LogP contribution in [0.2, 0.25) is 0 Å². The van der Waals surface area contributed by atoms with Crippen LogP contribution in [0.1, 0.15) is 66.1 Å². The lowest BCUT2D eigenvalue weighted by molar-refractivity contribution is -0.132. The molecule has 21 heavy (non-hydrogen) atoms. The summed E-state index contributed by atoms with van der Waals surface area (Å²) in [6.07, 6.45) is 11.6. The molecule has 0 aromatic carbocycles. The standard InChI is InChI=1S/C19H28O2/c1-18-11-9-16-14(15(18)7-8-17(18)21)6-5-13-4-2-3-10-19(13,16)12-20/h5,14-16,20H,2-4,6-12H2,1H3/t14-,15-,16-,18-,19+/m0/s1/i12T/t12-,14-,15-,16-,18-,19+. The number of allylic oxidation sites excluding steroid dienone is 1. The van der Waals surface area contributed by atoms with Crippen molar-refractivity contribution < 1.29 is 11.3 Å². The summed E-state index contributed by atoms with van der Waals surface area (Å²) >= 11 is 0. The number of fused-ring (bicyclic) bond motifs is 5. The Morgan fingerprint density at radius 3 is 2.95 bits per heavy atom. The average molecular weight is 290 g/mol.